The number of furan rings is 2. The molecule has 0 amide bonds. The van der Waals surface area contributed by atoms with Gasteiger partial charge < -0.3 is 13.7 Å². The second kappa shape index (κ2) is 9.78. The van der Waals surface area contributed by atoms with E-state index in [1.807, 2.05) is 0 Å². The molecule has 1 aliphatic carbocycles. The lowest BCUT2D eigenvalue weighted by molar-refractivity contribution is 0.442. The third-order valence-corrected chi connectivity index (χ3v) is 9.44. The molecule has 0 atom stereocenters. The van der Waals surface area contributed by atoms with E-state index >= 15 is 0 Å². The zero-order chi connectivity index (χ0) is 28.3. The Balaban J connectivity index is 1.27. The highest BCUT2D eigenvalue weighted by Crippen LogP contribution is 2.46. The monoisotopic (exact) mass is 557 g/mol. The fourth-order valence-corrected chi connectivity index (χ4v) is 7.42. The van der Waals surface area contributed by atoms with Gasteiger partial charge in [0.25, 0.3) is 0 Å². The minimum absolute atomic E-state index is 0.568. The van der Waals surface area contributed by atoms with E-state index < -0.39 is 0 Å². The lowest BCUT2D eigenvalue weighted by Crippen LogP contribution is -2.10. The summed E-state index contributed by atoms with van der Waals surface area (Å²) in [5.41, 5.74) is 8.24. The van der Waals surface area contributed by atoms with Gasteiger partial charge in [0.2, 0.25) is 0 Å². The summed E-state index contributed by atoms with van der Waals surface area (Å²) in [6, 6.07) is 43.1. The van der Waals surface area contributed by atoms with Gasteiger partial charge in [-0.2, -0.15) is 0 Å². The summed E-state index contributed by atoms with van der Waals surface area (Å²) in [5.74, 6) is 0.568. The first-order valence-corrected chi connectivity index (χ1v) is 15.5. The molecule has 2 heterocycles. The van der Waals surface area contributed by atoms with Gasteiger partial charge in [-0.15, -0.1) is 0 Å². The molecule has 1 aliphatic rings. The first-order valence-electron chi connectivity index (χ1n) is 15.5. The zero-order valence-electron chi connectivity index (χ0n) is 23.9. The molecule has 3 heteroatoms. The highest BCUT2D eigenvalue weighted by atomic mass is 16.3. The molecule has 3 nitrogen and oxygen atoms in total. The molecule has 9 rings (SSSR count). The molecule has 2 aromatic heterocycles. The fourth-order valence-electron chi connectivity index (χ4n) is 7.42. The quantitative estimate of drug-likeness (QED) is 0.215. The molecule has 0 bridgehead atoms. The average molecular weight is 558 g/mol. The second-order valence-corrected chi connectivity index (χ2v) is 11.9. The van der Waals surface area contributed by atoms with Crippen LogP contribution in [0.15, 0.2) is 130 Å². The van der Waals surface area contributed by atoms with Gasteiger partial charge in [0.05, 0.1) is 11.4 Å². The van der Waals surface area contributed by atoms with Crippen molar-refractivity contribution >= 4 is 71.7 Å². The molecule has 43 heavy (non-hydrogen) atoms. The standard InChI is InChI=1S/C40H31NO2/c1-3-11-26(12-4-1)31-17-9-18-32-33-19-10-20-35(40(33)43-39(31)32)41(28-14-5-2-6-15-28)29-22-23-34-37(25-29)42-36-24-21-27-13-7-8-16-30(27)38(34)36/h2,5-10,13-26H,1,3-4,11-12H2. The summed E-state index contributed by atoms with van der Waals surface area (Å²) in [5, 5.41) is 7.09. The maximum absolute atomic E-state index is 6.91. The van der Waals surface area contributed by atoms with Gasteiger partial charge >= 0.3 is 0 Å². The molecule has 0 saturated heterocycles. The Morgan fingerprint density at radius 2 is 1.28 bits per heavy atom. The summed E-state index contributed by atoms with van der Waals surface area (Å²) < 4.78 is 13.4. The number of para-hydroxylation sites is 3. The third kappa shape index (κ3) is 3.88. The van der Waals surface area contributed by atoms with Crippen molar-refractivity contribution in [3.8, 4) is 0 Å². The average Bonchev–Trinajstić information content (AvgIpc) is 3.65. The third-order valence-electron chi connectivity index (χ3n) is 9.44. The normalized spacial score (nSPS) is 14.4. The van der Waals surface area contributed by atoms with Gasteiger partial charge in [-0.25, -0.2) is 0 Å². The second-order valence-electron chi connectivity index (χ2n) is 11.9. The highest BCUT2D eigenvalue weighted by Gasteiger charge is 2.24. The SMILES string of the molecule is c1ccc(N(c2ccc3c(c2)oc2ccc4ccccc4c23)c2cccc3c2oc2c(C4CCCCC4)cccc23)cc1. The summed E-state index contributed by atoms with van der Waals surface area (Å²) in [4.78, 5) is 2.30. The molecule has 6 aromatic carbocycles. The molecule has 0 spiro atoms. The zero-order valence-corrected chi connectivity index (χ0v) is 23.9. The van der Waals surface area contributed by atoms with E-state index in [2.05, 4.69) is 126 Å². The Labute approximate surface area is 249 Å². The largest absolute Gasteiger partial charge is 0.456 e. The van der Waals surface area contributed by atoms with E-state index in [-0.39, 0.29) is 0 Å². The van der Waals surface area contributed by atoms with Gasteiger partial charge in [0.1, 0.15) is 16.7 Å². The van der Waals surface area contributed by atoms with Crippen LogP contribution in [0.1, 0.15) is 43.6 Å². The predicted molar refractivity (Wildman–Crippen MR) is 179 cm³/mol. The van der Waals surface area contributed by atoms with Crippen LogP contribution in [0.4, 0.5) is 17.1 Å². The first kappa shape index (κ1) is 24.6. The van der Waals surface area contributed by atoms with Crippen LogP contribution >= 0.6 is 0 Å². The molecular weight excluding hydrogens is 526 g/mol. The Morgan fingerprint density at radius 1 is 0.512 bits per heavy atom. The van der Waals surface area contributed by atoms with E-state index in [1.165, 1.54) is 59.2 Å². The number of benzene rings is 6. The molecular formula is C40H31NO2. The number of nitrogens with zero attached hydrogens (tertiary/aromatic N) is 1. The van der Waals surface area contributed by atoms with Crippen LogP contribution in [0, 0.1) is 0 Å². The van der Waals surface area contributed by atoms with Gasteiger partial charge in [0.15, 0.2) is 5.58 Å². The molecule has 208 valence electrons. The molecule has 0 N–H and O–H groups in total. The molecule has 0 aliphatic heterocycles. The fraction of sp³-hybridized carbons (Fsp3) is 0.150. The molecule has 0 radical (unpaired) electrons. The topological polar surface area (TPSA) is 29.5 Å². The van der Waals surface area contributed by atoms with E-state index in [1.54, 1.807) is 0 Å². The van der Waals surface area contributed by atoms with Crippen LogP contribution < -0.4 is 4.90 Å². The molecule has 1 saturated carbocycles. The Hall–Kier alpha value is -5.02. The van der Waals surface area contributed by atoms with Crippen molar-refractivity contribution in [1.82, 2.24) is 0 Å². The lowest BCUT2D eigenvalue weighted by atomic mass is 9.83. The number of hydrogen-bond donors (Lipinski definition) is 0. The van der Waals surface area contributed by atoms with Crippen LogP contribution in [0.2, 0.25) is 0 Å². The van der Waals surface area contributed by atoms with Crippen molar-refractivity contribution in [3.05, 3.63) is 127 Å². The van der Waals surface area contributed by atoms with Crippen LogP contribution in [0.3, 0.4) is 0 Å². The minimum Gasteiger partial charge on any atom is -0.456 e. The van der Waals surface area contributed by atoms with E-state index in [0.29, 0.717) is 5.92 Å². The van der Waals surface area contributed by atoms with Gasteiger partial charge in [-0.3, -0.25) is 0 Å². The van der Waals surface area contributed by atoms with Crippen LogP contribution in [-0.2, 0) is 0 Å². The van der Waals surface area contributed by atoms with Gasteiger partial charge in [-0.05, 0) is 71.5 Å². The summed E-state index contributed by atoms with van der Waals surface area (Å²) in [7, 11) is 0. The van der Waals surface area contributed by atoms with Crippen LogP contribution in [-0.4, -0.2) is 0 Å². The van der Waals surface area contributed by atoms with Crippen molar-refractivity contribution in [2.24, 2.45) is 0 Å². The van der Waals surface area contributed by atoms with E-state index in [4.69, 9.17) is 8.83 Å². The maximum Gasteiger partial charge on any atom is 0.159 e. The Kier molecular flexibility index (Phi) is 5.59. The smallest absolute Gasteiger partial charge is 0.159 e. The van der Waals surface area contributed by atoms with Crippen molar-refractivity contribution in [2.75, 3.05) is 4.90 Å². The Morgan fingerprint density at radius 3 is 2.16 bits per heavy atom. The Bertz CT molecular complexity index is 2290. The van der Waals surface area contributed by atoms with Crippen molar-refractivity contribution in [3.63, 3.8) is 0 Å². The van der Waals surface area contributed by atoms with Crippen molar-refractivity contribution in [1.29, 1.82) is 0 Å². The highest BCUT2D eigenvalue weighted by molar-refractivity contribution is 6.19. The molecule has 8 aromatic rings. The number of rotatable bonds is 4. The summed E-state index contributed by atoms with van der Waals surface area (Å²) in [6.07, 6.45) is 6.43. The van der Waals surface area contributed by atoms with Gasteiger partial charge in [0, 0.05) is 33.3 Å². The number of hydrogen-bond acceptors (Lipinski definition) is 3. The first-order chi connectivity index (χ1) is 21.3. The van der Waals surface area contributed by atoms with Crippen molar-refractivity contribution < 1.29 is 8.83 Å². The lowest BCUT2D eigenvalue weighted by Gasteiger charge is -2.25. The van der Waals surface area contributed by atoms with Crippen LogP contribution in [0.5, 0.6) is 0 Å². The number of anilines is 3. The maximum atomic E-state index is 6.91. The summed E-state index contributed by atoms with van der Waals surface area (Å²) >= 11 is 0. The van der Waals surface area contributed by atoms with Gasteiger partial charge in [-0.1, -0.05) is 98.1 Å². The minimum atomic E-state index is 0.568. The van der Waals surface area contributed by atoms with Crippen LogP contribution in [0.25, 0.3) is 54.6 Å². The molecule has 0 unspecified atom stereocenters. The van der Waals surface area contributed by atoms with E-state index in [0.717, 1.165) is 50.2 Å². The number of fused-ring (bicyclic) bond motifs is 8. The molecule has 1 fully saturated rings. The predicted octanol–water partition coefficient (Wildman–Crippen LogP) is 12.2. The summed E-state index contributed by atoms with van der Waals surface area (Å²) in [6.45, 7) is 0. The van der Waals surface area contributed by atoms with Crippen molar-refractivity contribution in [2.45, 2.75) is 38.0 Å². The van der Waals surface area contributed by atoms with E-state index in [9.17, 15) is 0 Å².